The molecule has 1 unspecified atom stereocenters. The van der Waals surface area contributed by atoms with Gasteiger partial charge in [-0.3, -0.25) is 14.4 Å². The summed E-state index contributed by atoms with van der Waals surface area (Å²) in [5.41, 5.74) is 4.43. The molecule has 0 bridgehead atoms. The largest absolute Gasteiger partial charge is 0.449 e. The molecule has 2 aromatic rings. The molecule has 4 amide bonds. The van der Waals surface area contributed by atoms with Crippen LogP contribution < -0.4 is 21.3 Å². The minimum Gasteiger partial charge on any atom is -0.449 e. The summed E-state index contributed by atoms with van der Waals surface area (Å²) < 4.78 is 5.60. The molecule has 0 radical (unpaired) electrons. The molecule has 3 rings (SSSR count). The SMILES string of the molecule is CNC(=O)[C@H](CSSC(C)(C)C)NC(=O)CNC(=O)C(CSSC(C)(C)C)NC(=O)OCC1c2ccccc2-c2ccccc21. The van der Waals surface area contributed by atoms with Crippen LogP contribution in [-0.4, -0.2) is 77.1 Å². The Labute approximate surface area is 282 Å². The van der Waals surface area contributed by atoms with Gasteiger partial charge in [0.1, 0.15) is 18.7 Å². The maximum absolute atomic E-state index is 13.2. The van der Waals surface area contributed by atoms with Crippen molar-refractivity contribution in [3.05, 3.63) is 59.7 Å². The number of hydrogen-bond donors (Lipinski definition) is 4. The number of alkyl carbamates (subject to hydrolysis) is 1. The Morgan fingerprint density at radius 3 is 1.73 bits per heavy atom. The predicted octanol–water partition coefficient (Wildman–Crippen LogP) is 5.60. The Morgan fingerprint density at radius 1 is 0.756 bits per heavy atom. The smallest absolute Gasteiger partial charge is 0.407 e. The van der Waals surface area contributed by atoms with Gasteiger partial charge >= 0.3 is 6.09 Å². The lowest BCUT2D eigenvalue weighted by Gasteiger charge is -2.22. The summed E-state index contributed by atoms with van der Waals surface area (Å²) in [6, 6.07) is 14.4. The molecule has 9 nitrogen and oxygen atoms in total. The van der Waals surface area contributed by atoms with E-state index in [1.807, 2.05) is 36.4 Å². The summed E-state index contributed by atoms with van der Waals surface area (Å²) in [5, 5.41) is 10.6. The third kappa shape index (κ3) is 12.0. The minimum absolute atomic E-state index is 0.00554. The van der Waals surface area contributed by atoms with Crippen molar-refractivity contribution in [1.82, 2.24) is 21.3 Å². The van der Waals surface area contributed by atoms with Crippen LogP contribution >= 0.6 is 43.2 Å². The van der Waals surface area contributed by atoms with Crippen molar-refractivity contribution in [2.45, 2.75) is 69.0 Å². The van der Waals surface area contributed by atoms with E-state index in [4.69, 9.17) is 4.74 Å². The standard InChI is InChI=1S/C32H44N4O5S4/c1-31(2,3)44-42-18-25(28(38)33-7)35-27(37)16-34-29(39)26(19-43-45-32(4,5)6)36-30(40)41-17-24-22-14-10-8-12-20(22)21-13-9-11-15-23(21)24/h8-15,24-26H,16-19H2,1-7H3,(H,33,38)(H,34,39)(H,35,37)(H,36,40)/t25-,26?/m0/s1. The highest BCUT2D eigenvalue weighted by molar-refractivity contribution is 8.77. The first-order chi connectivity index (χ1) is 21.2. The average Bonchev–Trinajstić information content (AvgIpc) is 3.29. The summed E-state index contributed by atoms with van der Waals surface area (Å²) >= 11 is 0. The number of fused-ring (bicyclic) bond motifs is 3. The van der Waals surface area contributed by atoms with Crippen LogP contribution in [-0.2, 0) is 19.1 Å². The summed E-state index contributed by atoms with van der Waals surface area (Å²) in [4.78, 5) is 51.3. The molecular formula is C32H44N4O5S4. The molecule has 246 valence electrons. The van der Waals surface area contributed by atoms with Crippen molar-refractivity contribution in [3.8, 4) is 11.1 Å². The van der Waals surface area contributed by atoms with Crippen LogP contribution in [0.3, 0.4) is 0 Å². The first-order valence-corrected chi connectivity index (χ1v) is 19.3. The van der Waals surface area contributed by atoms with E-state index in [0.29, 0.717) is 5.75 Å². The number of carbonyl (C=O) groups is 4. The summed E-state index contributed by atoms with van der Waals surface area (Å²) in [5.74, 6) is -0.820. The molecule has 2 aromatic carbocycles. The van der Waals surface area contributed by atoms with Gasteiger partial charge in [-0.25, -0.2) is 4.79 Å². The van der Waals surface area contributed by atoms with Crippen LogP contribution in [0.4, 0.5) is 4.79 Å². The molecular weight excluding hydrogens is 649 g/mol. The Bertz CT molecular complexity index is 1300. The van der Waals surface area contributed by atoms with E-state index >= 15 is 0 Å². The molecule has 13 heteroatoms. The van der Waals surface area contributed by atoms with Crippen molar-refractivity contribution < 1.29 is 23.9 Å². The van der Waals surface area contributed by atoms with Crippen molar-refractivity contribution in [1.29, 1.82) is 0 Å². The Morgan fingerprint density at radius 2 is 1.24 bits per heavy atom. The fourth-order valence-corrected chi connectivity index (χ4v) is 9.35. The monoisotopic (exact) mass is 692 g/mol. The highest BCUT2D eigenvalue weighted by atomic mass is 33.1. The van der Waals surface area contributed by atoms with Crippen molar-refractivity contribution >= 4 is 67.0 Å². The van der Waals surface area contributed by atoms with E-state index in [0.717, 1.165) is 22.3 Å². The Kier molecular flexibility index (Phi) is 13.9. The Balaban J connectivity index is 1.59. The quantitative estimate of drug-likeness (QED) is 0.187. The van der Waals surface area contributed by atoms with Gasteiger partial charge in [-0.1, -0.05) is 133 Å². The van der Waals surface area contributed by atoms with Gasteiger partial charge in [0.2, 0.25) is 17.7 Å². The number of ether oxygens (including phenoxy) is 1. The fraction of sp³-hybridized carbons (Fsp3) is 0.500. The number of nitrogens with one attached hydrogen (secondary N) is 4. The van der Waals surface area contributed by atoms with Gasteiger partial charge in [-0.05, 0) is 22.3 Å². The summed E-state index contributed by atoms with van der Waals surface area (Å²) in [6.07, 6.45) is -0.712. The third-order valence-electron chi connectivity index (χ3n) is 6.36. The summed E-state index contributed by atoms with van der Waals surface area (Å²) in [6.45, 7) is 12.2. The second-order valence-corrected chi connectivity index (χ2v) is 18.8. The molecule has 0 saturated heterocycles. The number of amides is 4. The molecule has 0 fully saturated rings. The van der Waals surface area contributed by atoms with Gasteiger partial charge in [0, 0.05) is 34.0 Å². The first kappa shape index (κ1) is 37.0. The van der Waals surface area contributed by atoms with Crippen molar-refractivity contribution in [3.63, 3.8) is 0 Å². The van der Waals surface area contributed by atoms with Gasteiger partial charge in [0.05, 0.1) is 6.54 Å². The molecule has 0 saturated carbocycles. The van der Waals surface area contributed by atoms with E-state index in [-0.39, 0.29) is 40.2 Å². The van der Waals surface area contributed by atoms with Crippen LogP contribution in [0, 0.1) is 0 Å². The highest BCUT2D eigenvalue weighted by Crippen LogP contribution is 2.44. The van der Waals surface area contributed by atoms with E-state index in [9.17, 15) is 19.2 Å². The number of likely N-dealkylation sites (N-methyl/N-ethyl adjacent to an activating group) is 1. The topological polar surface area (TPSA) is 126 Å². The van der Waals surface area contributed by atoms with Gasteiger partial charge < -0.3 is 26.0 Å². The Hall–Kier alpha value is -2.48. The number of rotatable bonds is 14. The molecule has 2 atom stereocenters. The minimum atomic E-state index is -0.943. The second kappa shape index (κ2) is 16.9. The molecule has 0 spiro atoms. The second-order valence-electron chi connectivity index (χ2n) is 12.4. The molecule has 45 heavy (non-hydrogen) atoms. The van der Waals surface area contributed by atoms with E-state index < -0.39 is 30.0 Å². The lowest BCUT2D eigenvalue weighted by atomic mass is 9.98. The molecule has 1 aliphatic rings. The summed E-state index contributed by atoms with van der Waals surface area (Å²) in [7, 11) is 7.67. The van der Waals surface area contributed by atoms with Gasteiger partial charge in [-0.2, -0.15) is 0 Å². The maximum atomic E-state index is 13.2. The number of benzene rings is 2. The zero-order valence-corrected chi connectivity index (χ0v) is 30.1. The normalized spacial score (nSPS) is 14.0. The average molecular weight is 693 g/mol. The van der Waals surface area contributed by atoms with Crippen LogP contribution in [0.15, 0.2) is 48.5 Å². The van der Waals surface area contributed by atoms with E-state index in [1.165, 1.54) is 28.6 Å². The molecule has 0 aromatic heterocycles. The lowest BCUT2D eigenvalue weighted by molar-refractivity contribution is -0.129. The predicted molar refractivity (Wildman–Crippen MR) is 191 cm³/mol. The van der Waals surface area contributed by atoms with Crippen molar-refractivity contribution in [2.24, 2.45) is 0 Å². The fourth-order valence-electron chi connectivity index (χ4n) is 4.42. The van der Waals surface area contributed by atoms with E-state index in [1.54, 1.807) is 21.6 Å². The van der Waals surface area contributed by atoms with Crippen molar-refractivity contribution in [2.75, 3.05) is 31.7 Å². The molecule has 0 aliphatic heterocycles. The molecule has 0 heterocycles. The van der Waals surface area contributed by atoms with Gasteiger partial charge in [0.15, 0.2) is 0 Å². The van der Waals surface area contributed by atoms with Crippen LogP contribution in [0.5, 0.6) is 0 Å². The van der Waals surface area contributed by atoms with E-state index in [2.05, 4.69) is 74.9 Å². The van der Waals surface area contributed by atoms with Gasteiger partial charge in [0.25, 0.3) is 0 Å². The lowest BCUT2D eigenvalue weighted by Crippen LogP contribution is -2.53. The number of carbonyl (C=O) groups excluding carboxylic acids is 4. The van der Waals surface area contributed by atoms with Crippen LogP contribution in [0.25, 0.3) is 11.1 Å². The zero-order valence-electron chi connectivity index (χ0n) is 26.9. The molecule has 1 aliphatic carbocycles. The highest BCUT2D eigenvalue weighted by Gasteiger charge is 2.30. The molecule has 4 N–H and O–H groups in total. The maximum Gasteiger partial charge on any atom is 0.407 e. The number of hydrogen-bond acceptors (Lipinski definition) is 9. The zero-order chi connectivity index (χ0) is 33.2. The third-order valence-corrected chi connectivity index (χ3v) is 13.1. The van der Waals surface area contributed by atoms with Crippen LogP contribution in [0.1, 0.15) is 58.6 Å². The van der Waals surface area contributed by atoms with Gasteiger partial charge in [-0.15, -0.1) is 0 Å². The van der Waals surface area contributed by atoms with Crippen LogP contribution in [0.2, 0.25) is 0 Å². The first-order valence-electron chi connectivity index (χ1n) is 14.7.